The van der Waals surface area contributed by atoms with Crippen molar-refractivity contribution in [3.8, 4) is 0 Å². The Labute approximate surface area is 153 Å². The summed E-state index contributed by atoms with van der Waals surface area (Å²) in [5.41, 5.74) is -0.366. The van der Waals surface area contributed by atoms with E-state index in [4.69, 9.17) is 0 Å². The smallest absolute Gasteiger partial charge is 0.339 e. The van der Waals surface area contributed by atoms with Crippen molar-refractivity contribution in [2.75, 3.05) is 13.1 Å². The molecular formula is C18H19F3N4O2. The highest BCUT2D eigenvalue weighted by Gasteiger charge is 2.32. The topological polar surface area (TPSA) is 68.1 Å². The third-order valence-electron chi connectivity index (χ3n) is 4.73. The molecule has 144 valence electrons. The summed E-state index contributed by atoms with van der Waals surface area (Å²) in [7, 11) is 0. The molecule has 1 fully saturated rings. The Hall–Kier alpha value is -2.71. The van der Waals surface area contributed by atoms with Crippen LogP contribution in [0.2, 0.25) is 0 Å². The minimum absolute atomic E-state index is 0.0701. The third kappa shape index (κ3) is 4.35. The number of rotatable bonds is 3. The minimum atomic E-state index is -4.53. The lowest BCUT2D eigenvalue weighted by molar-refractivity contribution is -0.141. The van der Waals surface area contributed by atoms with Crippen molar-refractivity contribution in [3.63, 3.8) is 0 Å². The lowest BCUT2D eigenvalue weighted by Gasteiger charge is -2.32. The Bertz CT molecular complexity index is 869. The van der Waals surface area contributed by atoms with Gasteiger partial charge in [0.15, 0.2) is 0 Å². The molecule has 0 spiro atoms. The Morgan fingerprint density at radius 1 is 1.22 bits per heavy atom. The predicted octanol–water partition coefficient (Wildman–Crippen LogP) is 2.52. The first-order valence-electron chi connectivity index (χ1n) is 8.59. The molecule has 0 atom stereocenters. The Morgan fingerprint density at radius 2 is 1.93 bits per heavy atom. The molecule has 9 heteroatoms. The van der Waals surface area contributed by atoms with Crippen LogP contribution in [-0.4, -0.2) is 38.4 Å². The quantitative estimate of drug-likeness (QED) is 0.821. The first-order valence-corrected chi connectivity index (χ1v) is 8.59. The van der Waals surface area contributed by atoms with Gasteiger partial charge in [-0.2, -0.15) is 13.2 Å². The van der Waals surface area contributed by atoms with Crippen LogP contribution < -0.4 is 5.56 Å². The molecule has 1 saturated heterocycles. The van der Waals surface area contributed by atoms with Gasteiger partial charge in [0.25, 0.3) is 11.5 Å². The summed E-state index contributed by atoms with van der Waals surface area (Å²) in [5.74, 6) is -0.0925. The van der Waals surface area contributed by atoms with Crippen molar-refractivity contribution in [1.29, 1.82) is 0 Å². The van der Waals surface area contributed by atoms with Gasteiger partial charge in [-0.15, -0.1) is 0 Å². The van der Waals surface area contributed by atoms with Gasteiger partial charge in [-0.3, -0.25) is 19.1 Å². The first kappa shape index (κ1) is 19.1. The number of nitrogens with zero attached hydrogens (tertiary/aromatic N) is 4. The highest BCUT2D eigenvalue weighted by atomic mass is 19.4. The van der Waals surface area contributed by atoms with Crippen LogP contribution in [0.3, 0.4) is 0 Å². The molecule has 6 nitrogen and oxygen atoms in total. The van der Waals surface area contributed by atoms with Crippen LogP contribution in [-0.2, 0) is 12.7 Å². The van der Waals surface area contributed by atoms with Crippen LogP contribution in [0, 0.1) is 12.8 Å². The van der Waals surface area contributed by atoms with E-state index >= 15 is 0 Å². The van der Waals surface area contributed by atoms with Crippen molar-refractivity contribution in [2.45, 2.75) is 32.5 Å². The number of halogens is 3. The zero-order valence-corrected chi connectivity index (χ0v) is 14.7. The van der Waals surface area contributed by atoms with Crippen molar-refractivity contribution < 1.29 is 18.0 Å². The van der Waals surface area contributed by atoms with Gasteiger partial charge in [0.1, 0.15) is 5.69 Å². The molecular weight excluding hydrogens is 361 g/mol. The molecule has 0 aliphatic carbocycles. The van der Waals surface area contributed by atoms with Gasteiger partial charge in [-0.1, -0.05) is 0 Å². The van der Waals surface area contributed by atoms with E-state index in [2.05, 4.69) is 9.97 Å². The molecule has 2 aromatic rings. The van der Waals surface area contributed by atoms with Gasteiger partial charge in [0.2, 0.25) is 0 Å². The van der Waals surface area contributed by atoms with E-state index in [9.17, 15) is 22.8 Å². The number of hydrogen-bond donors (Lipinski definition) is 0. The van der Waals surface area contributed by atoms with Gasteiger partial charge in [0.05, 0.1) is 11.9 Å². The molecule has 0 unspecified atom stereocenters. The largest absolute Gasteiger partial charge is 0.433 e. The highest BCUT2D eigenvalue weighted by molar-refractivity contribution is 5.94. The second kappa shape index (κ2) is 7.50. The summed E-state index contributed by atoms with van der Waals surface area (Å²) >= 11 is 0. The number of carbonyl (C=O) groups is 1. The maximum Gasteiger partial charge on any atom is 0.433 e. The fourth-order valence-corrected chi connectivity index (χ4v) is 3.16. The molecule has 1 amide bonds. The number of amides is 1. The maximum atomic E-state index is 12.6. The summed E-state index contributed by atoms with van der Waals surface area (Å²) in [6.45, 7) is 3.22. The average Bonchev–Trinajstić information content (AvgIpc) is 2.65. The zero-order chi connectivity index (χ0) is 19.6. The molecule has 0 N–H and O–H groups in total. The summed E-state index contributed by atoms with van der Waals surface area (Å²) in [4.78, 5) is 33.5. The first-order chi connectivity index (χ1) is 12.8. The summed E-state index contributed by atoms with van der Waals surface area (Å²) in [5, 5.41) is 0. The summed E-state index contributed by atoms with van der Waals surface area (Å²) in [6, 6.07) is 1.97. The molecule has 0 bridgehead atoms. The van der Waals surface area contributed by atoms with E-state index in [1.807, 2.05) is 0 Å². The Kier molecular flexibility index (Phi) is 5.29. The fourth-order valence-electron chi connectivity index (χ4n) is 3.16. The summed E-state index contributed by atoms with van der Waals surface area (Å²) < 4.78 is 39.3. The highest BCUT2D eigenvalue weighted by Crippen LogP contribution is 2.27. The van der Waals surface area contributed by atoms with Crippen LogP contribution in [0.25, 0.3) is 0 Å². The second-order valence-corrected chi connectivity index (χ2v) is 6.70. The van der Waals surface area contributed by atoms with E-state index < -0.39 is 11.9 Å². The number of carbonyl (C=O) groups excluding carboxylic acids is 1. The molecule has 3 heterocycles. The lowest BCUT2D eigenvalue weighted by Crippen LogP contribution is -2.40. The van der Waals surface area contributed by atoms with Crippen LogP contribution >= 0.6 is 0 Å². The molecule has 2 aromatic heterocycles. The van der Waals surface area contributed by atoms with Crippen LogP contribution in [0.4, 0.5) is 13.2 Å². The van der Waals surface area contributed by atoms with Gasteiger partial charge < -0.3 is 4.90 Å². The standard InChI is InChI=1S/C18H19F3N4O2/c1-12-8-22-11-25(16(12)26)10-13-4-6-24(7-5-13)17(27)14-2-3-15(23-9-14)18(19,20)21/h2-3,8-9,11,13H,4-7,10H2,1H3. The van der Waals surface area contributed by atoms with E-state index in [-0.39, 0.29) is 22.9 Å². The van der Waals surface area contributed by atoms with E-state index in [1.54, 1.807) is 16.4 Å². The van der Waals surface area contributed by atoms with E-state index in [0.29, 0.717) is 38.0 Å². The van der Waals surface area contributed by atoms with Gasteiger partial charge in [0, 0.05) is 37.6 Å². The number of aromatic nitrogens is 3. The number of likely N-dealkylation sites (tertiary alicyclic amines) is 1. The third-order valence-corrected chi connectivity index (χ3v) is 4.73. The number of alkyl halides is 3. The lowest BCUT2D eigenvalue weighted by atomic mass is 9.96. The second-order valence-electron chi connectivity index (χ2n) is 6.70. The predicted molar refractivity (Wildman–Crippen MR) is 91.1 cm³/mol. The van der Waals surface area contributed by atoms with Gasteiger partial charge in [-0.25, -0.2) is 4.98 Å². The molecule has 3 rings (SSSR count). The minimum Gasteiger partial charge on any atom is -0.339 e. The van der Waals surface area contributed by atoms with Crippen molar-refractivity contribution in [3.05, 3.63) is 58.0 Å². The zero-order valence-electron chi connectivity index (χ0n) is 14.7. The van der Waals surface area contributed by atoms with E-state index in [1.165, 1.54) is 12.5 Å². The average molecular weight is 380 g/mol. The number of hydrogen-bond acceptors (Lipinski definition) is 4. The molecule has 0 radical (unpaired) electrons. The number of piperidine rings is 1. The summed E-state index contributed by atoms with van der Waals surface area (Å²) in [6.07, 6.45) is 0.900. The van der Waals surface area contributed by atoms with E-state index in [0.717, 1.165) is 18.3 Å². The monoisotopic (exact) mass is 380 g/mol. The fraction of sp³-hybridized carbons (Fsp3) is 0.444. The maximum absolute atomic E-state index is 12.6. The van der Waals surface area contributed by atoms with Crippen LogP contribution in [0.5, 0.6) is 0 Å². The van der Waals surface area contributed by atoms with Crippen LogP contribution in [0.15, 0.2) is 35.6 Å². The molecule has 0 saturated carbocycles. The van der Waals surface area contributed by atoms with Crippen molar-refractivity contribution in [1.82, 2.24) is 19.4 Å². The SMILES string of the molecule is Cc1cncn(CC2CCN(C(=O)c3ccc(C(F)(F)F)nc3)CC2)c1=O. The van der Waals surface area contributed by atoms with Crippen molar-refractivity contribution in [2.24, 2.45) is 5.92 Å². The van der Waals surface area contributed by atoms with Crippen molar-refractivity contribution >= 4 is 5.91 Å². The molecule has 1 aliphatic heterocycles. The number of pyridine rings is 1. The van der Waals surface area contributed by atoms with Gasteiger partial charge >= 0.3 is 6.18 Å². The Balaban J connectivity index is 1.59. The van der Waals surface area contributed by atoms with Crippen LogP contribution in [0.1, 0.15) is 34.5 Å². The Morgan fingerprint density at radius 3 is 2.52 bits per heavy atom. The van der Waals surface area contributed by atoms with Gasteiger partial charge in [-0.05, 0) is 37.8 Å². The molecule has 27 heavy (non-hydrogen) atoms. The number of aryl methyl sites for hydroxylation is 1. The molecule has 1 aliphatic rings. The normalized spacial score (nSPS) is 15.8. The molecule has 0 aromatic carbocycles.